The molecule has 0 spiro atoms. The molecule has 5 rings (SSSR count). The number of benzene rings is 3. The molecule has 0 bridgehead atoms. The zero-order valence-electron chi connectivity index (χ0n) is 13.8. The molecule has 0 fully saturated rings. The Morgan fingerprint density at radius 3 is 2.26 bits per heavy atom. The molecule has 3 aliphatic rings. The van der Waals surface area contributed by atoms with Crippen molar-refractivity contribution in [3.8, 4) is 11.3 Å². The van der Waals surface area contributed by atoms with Crippen LogP contribution >= 0.6 is 11.6 Å². The number of carbonyl (C=O) groups excluding carboxylic acids is 2. The molecule has 0 amide bonds. The Balaban J connectivity index is 1.97. The Bertz CT molecular complexity index is 1350. The second-order valence-corrected chi connectivity index (χ2v) is 6.89. The van der Waals surface area contributed by atoms with Gasteiger partial charge in [0.15, 0.2) is 17.0 Å². The Morgan fingerprint density at radius 1 is 0.815 bits per heavy atom. The number of fused-ring (bicyclic) bond motifs is 5. The summed E-state index contributed by atoms with van der Waals surface area (Å²) >= 11 is 6.28. The van der Waals surface area contributed by atoms with Gasteiger partial charge in [-0.3, -0.25) is 14.4 Å². The predicted molar refractivity (Wildman–Crippen MR) is 104 cm³/mol. The monoisotopic (exact) mass is 374 g/mol. The number of pyridine rings is 1. The lowest BCUT2D eigenvalue weighted by atomic mass is 9.81. The number of nitrogen functional groups attached to an aromatic ring is 1. The van der Waals surface area contributed by atoms with Gasteiger partial charge in [0.1, 0.15) is 0 Å². The second kappa shape index (κ2) is 5.28. The summed E-state index contributed by atoms with van der Waals surface area (Å²) in [5.74, 6) is -0.646. The summed E-state index contributed by atoms with van der Waals surface area (Å²) in [5, 5.41) is 0.989. The Hall–Kier alpha value is -3.44. The van der Waals surface area contributed by atoms with Crippen LogP contribution in [0.1, 0.15) is 31.8 Å². The number of halogens is 1. The van der Waals surface area contributed by atoms with Crippen molar-refractivity contribution in [2.75, 3.05) is 5.73 Å². The van der Waals surface area contributed by atoms with Crippen molar-refractivity contribution in [1.29, 1.82) is 0 Å². The minimum atomic E-state index is -0.359. The second-order valence-electron chi connectivity index (χ2n) is 6.48. The van der Waals surface area contributed by atoms with Gasteiger partial charge in [0.05, 0.1) is 21.8 Å². The molecule has 1 heterocycles. The number of rotatable bonds is 0. The van der Waals surface area contributed by atoms with E-state index in [1.54, 1.807) is 42.5 Å². The van der Waals surface area contributed by atoms with Gasteiger partial charge in [-0.2, -0.15) is 0 Å². The van der Waals surface area contributed by atoms with Gasteiger partial charge in [0.25, 0.3) is 0 Å². The molecule has 0 atom stereocenters. The molecular formula is C21H11ClN2O3. The third kappa shape index (κ3) is 2.03. The average molecular weight is 375 g/mol. The summed E-state index contributed by atoms with van der Waals surface area (Å²) < 4.78 is 0. The van der Waals surface area contributed by atoms with Crippen LogP contribution in [-0.2, 0) is 0 Å². The fourth-order valence-electron chi connectivity index (χ4n) is 3.68. The van der Waals surface area contributed by atoms with E-state index in [4.69, 9.17) is 17.3 Å². The van der Waals surface area contributed by atoms with Crippen LogP contribution in [0.5, 0.6) is 0 Å². The largest absolute Gasteiger partial charge is 0.398 e. The predicted octanol–water partition coefficient (Wildman–Crippen LogP) is 3.64. The third-order valence-corrected chi connectivity index (χ3v) is 5.30. The molecule has 130 valence electrons. The summed E-state index contributed by atoms with van der Waals surface area (Å²) in [5.41, 5.74) is 8.12. The lowest BCUT2D eigenvalue weighted by Crippen LogP contribution is -2.26. The lowest BCUT2D eigenvalue weighted by Gasteiger charge is -2.21. The van der Waals surface area contributed by atoms with Crippen LogP contribution in [0.25, 0.3) is 22.2 Å². The van der Waals surface area contributed by atoms with E-state index in [1.807, 2.05) is 0 Å². The van der Waals surface area contributed by atoms with E-state index < -0.39 is 0 Å². The molecule has 0 unspecified atom stereocenters. The van der Waals surface area contributed by atoms with Gasteiger partial charge < -0.3 is 10.7 Å². The molecule has 0 radical (unpaired) electrons. The molecule has 2 aromatic rings. The van der Waals surface area contributed by atoms with Gasteiger partial charge in [-0.15, -0.1) is 0 Å². The van der Waals surface area contributed by atoms with Crippen LogP contribution in [-0.4, -0.2) is 16.6 Å². The Kier molecular flexibility index (Phi) is 3.09. The molecule has 1 aliphatic heterocycles. The number of ketones is 2. The Morgan fingerprint density at radius 2 is 1.52 bits per heavy atom. The van der Waals surface area contributed by atoms with Crippen molar-refractivity contribution in [2.24, 2.45) is 0 Å². The maximum absolute atomic E-state index is 13.1. The number of H-pyrrole nitrogens is 1. The van der Waals surface area contributed by atoms with E-state index in [-0.39, 0.29) is 33.7 Å². The van der Waals surface area contributed by atoms with Gasteiger partial charge in [-0.05, 0) is 24.3 Å². The van der Waals surface area contributed by atoms with E-state index in [2.05, 4.69) is 4.98 Å². The number of carbonyl (C=O) groups is 2. The molecule has 5 nitrogen and oxygen atoms in total. The molecule has 2 aliphatic carbocycles. The summed E-state index contributed by atoms with van der Waals surface area (Å²) in [7, 11) is 0. The zero-order chi connectivity index (χ0) is 18.9. The Labute approximate surface area is 157 Å². The van der Waals surface area contributed by atoms with E-state index in [9.17, 15) is 14.4 Å². The first-order chi connectivity index (χ1) is 13.0. The van der Waals surface area contributed by atoms with Crippen LogP contribution in [0.4, 0.5) is 5.69 Å². The summed E-state index contributed by atoms with van der Waals surface area (Å²) in [4.78, 5) is 41.8. The summed E-state index contributed by atoms with van der Waals surface area (Å²) in [6.45, 7) is 0. The van der Waals surface area contributed by atoms with Gasteiger partial charge in [-0.1, -0.05) is 35.9 Å². The highest BCUT2D eigenvalue weighted by Gasteiger charge is 2.34. The average Bonchev–Trinajstić information content (AvgIpc) is 2.68. The van der Waals surface area contributed by atoms with Gasteiger partial charge in [0.2, 0.25) is 0 Å². The minimum absolute atomic E-state index is 0.104. The first-order valence-corrected chi connectivity index (χ1v) is 8.61. The molecule has 0 saturated carbocycles. The van der Waals surface area contributed by atoms with Crippen molar-refractivity contribution in [2.45, 2.75) is 0 Å². The highest BCUT2D eigenvalue weighted by atomic mass is 35.5. The standard InChI is InChI=1S/C21H11ClN2O3/c22-14-5-6-15(23)11-7-12-16(25)8-13-17(19(12)24-18(11)14)21(27)10-4-2-1-3-9(10)20(13)26/h1-8,24H,23H2. The molecule has 3 N–H and O–H groups in total. The van der Waals surface area contributed by atoms with E-state index in [0.29, 0.717) is 38.4 Å². The van der Waals surface area contributed by atoms with Crippen LogP contribution in [0.15, 0.2) is 53.3 Å². The maximum atomic E-state index is 13.1. The van der Waals surface area contributed by atoms with E-state index >= 15 is 0 Å². The van der Waals surface area contributed by atoms with Crippen molar-refractivity contribution in [1.82, 2.24) is 4.98 Å². The van der Waals surface area contributed by atoms with Crippen LogP contribution in [0.2, 0.25) is 5.02 Å². The van der Waals surface area contributed by atoms with Gasteiger partial charge >= 0.3 is 0 Å². The van der Waals surface area contributed by atoms with Crippen molar-refractivity contribution in [3.63, 3.8) is 0 Å². The van der Waals surface area contributed by atoms with Gasteiger partial charge in [-0.25, -0.2) is 0 Å². The number of nitrogens with one attached hydrogen (secondary N) is 1. The molecule has 6 heteroatoms. The van der Waals surface area contributed by atoms with Crippen molar-refractivity contribution >= 4 is 39.8 Å². The molecule has 0 saturated heterocycles. The topological polar surface area (TPSA) is 93.0 Å². The third-order valence-electron chi connectivity index (χ3n) is 4.98. The summed E-state index contributed by atoms with van der Waals surface area (Å²) in [6, 6.07) is 12.7. The lowest BCUT2D eigenvalue weighted by molar-refractivity contribution is 0.0979. The highest BCUT2D eigenvalue weighted by Crippen LogP contribution is 2.36. The molecule has 0 aromatic heterocycles. The number of aromatic amines is 1. The van der Waals surface area contributed by atoms with Crippen LogP contribution in [0.3, 0.4) is 0 Å². The number of aromatic nitrogens is 1. The fourth-order valence-corrected chi connectivity index (χ4v) is 3.89. The SMILES string of the molecule is Nc1ccc(Cl)c2[nH]c3c4c(cc(=O)c-3cc12)C(=O)c1ccccc1C4=O. The van der Waals surface area contributed by atoms with Crippen LogP contribution < -0.4 is 11.2 Å². The highest BCUT2D eigenvalue weighted by molar-refractivity contribution is 6.36. The van der Waals surface area contributed by atoms with Gasteiger partial charge in [0, 0.05) is 33.3 Å². The number of hydrogen-bond donors (Lipinski definition) is 2. The zero-order valence-corrected chi connectivity index (χ0v) is 14.6. The maximum Gasteiger partial charge on any atom is 0.196 e. The molecule has 27 heavy (non-hydrogen) atoms. The number of hydrogen-bond acceptors (Lipinski definition) is 4. The van der Waals surface area contributed by atoms with E-state index in [0.717, 1.165) is 0 Å². The molecular weight excluding hydrogens is 364 g/mol. The quantitative estimate of drug-likeness (QED) is 0.319. The van der Waals surface area contributed by atoms with Crippen molar-refractivity contribution in [3.05, 3.63) is 86.0 Å². The van der Waals surface area contributed by atoms with Crippen molar-refractivity contribution < 1.29 is 9.59 Å². The number of nitrogens with two attached hydrogens (primary N) is 1. The molecule has 2 aromatic carbocycles. The van der Waals surface area contributed by atoms with E-state index in [1.165, 1.54) is 6.07 Å². The number of anilines is 1. The minimum Gasteiger partial charge on any atom is -0.398 e. The first-order valence-electron chi connectivity index (χ1n) is 8.23. The van der Waals surface area contributed by atoms with Crippen LogP contribution in [0, 0.1) is 0 Å². The smallest absolute Gasteiger partial charge is 0.196 e. The first kappa shape index (κ1) is 15.8. The normalized spacial score (nSPS) is 13.1. The summed E-state index contributed by atoms with van der Waals surface area (Å²) in [6.07, 6.45) is 0. The fraction of sp³-hybridized carbons (Fsp3) is 0.